The molecular weight excluding hydrogens is 358 g/mol. The van der Waals surface area contributed by atoms with E-state index >= 15 is 0 Å². The lowest BCUT2D eigenvalue weighted by atomic mass is 10.0. The van der Waals surface area contributed by atoms with Crippen LogP contribution in [0.1, 0.15) is 32.1 Å². The van der Waals surface area contributed by atoms with E-state index in [0.717, 1.165) is 54.0 Å². The SMILES string of the molecule is CC[C@H](NC(=O)Cc1sc(N2CCOCC2)nc1-c1ccccc1)C(C)C. The molecule has 2 aromatic rings. The molecule has 0 saturated carbocycles. The Kier molecular flexibility index (Phi) is 6.85. The molecule has 0 bridgehead atoms. The Morgan fingerprint density at radius 3 is 2.59 bits per heavy atom. The molecule has 0 radical (unpaired) electrons. The molecule has 2 heterocycles. The van der Waals surface area contributed by atoms with E-state index in [1.54, 1.807) is 11.3 Å². The minimum absolute atomic E-state index is 0.0740. The molecule has 1 aliphatic rings. The summed E-state index contributed by atoms with van der Waals surface area (Å²) in [6.07, 6.45) is 1.31. The number of nitrogens with one attached hydrogen (secondary N) is 1. The number of hydrogen-bond acceptors (Lipinski definition) is 5. The van der Waals surface area contributed by atoms with Gasteiger partial charge >= 0.3 is 0 Å². The Labute approximate surface area is 165 Å². The largest absolute Gasteiger partial charge is 0.378 e. The van der Waals surface area contributed by atoms with Gasteiger partial charge in [0.05, 0.1) is 25.3 Å². The molecule has 0 spiro atoms. The van der Waals surface area contributed by atoms with Crippen LogP contribution in [0.3, 0.4) is 0 Å². The minimum atomic E-state index is 0.0740. The summed E-state index contributed by atoms with van der Waals surface area (Å²) in [7, 11) is 0. The van der Waals surface area contributed by atoms with Crippen molar-refractivity contribution in [3.63, 3.8) is 0 Å². The van der Waals surface area contributed by atoms with E-state index in [1.807, 2.05) is 18.2 Å². The van der Waals surface area contributed by atoms with E-state index in [4.69, 9.17) is 9.72 Å². The molecule has 6 heteroatoms. The summed E-state index contributed by atoms with van der Waals surface area (Å²) in [6, 6.07) is 10.4. The lowest BCUT2D eigenvalue weighted by molar-refractivity contribution is -0.121. The van der Waals surface area contributed by atoms with Crippen LogP contribution >= 0.6 is 11.3 Å². The van der Waals surface area contributed by atoms with E-state index in [9.17, 15) is 4.79 Å². The van der Waals surface area contributed by atoms with Gasteiger partial charge in [-0.3, -0.25) is 4.79 Å². The Balaban J connectivity index is 1.83. The first-order chi connectivity index (χ1) is 13.1. The number of hydrogen-bond donors (Lipinski definition) is 1. The standard InChI is InChI=1S/C21H29N3O2S/c1-4-17(15(2)3)22-19(25)14-18-20(16-8-6-5-7-9-16)23-21(27-18)24-10-12-26-13-11-24/h5-9,15,17H,4,10-14H2,1-3H3,(H,22,25)/t17-/m0/s1. The van der Waals surface area contributed by atoms with Gasteiger partial charge in [-0.2, -0.15) is 0 Å². The van der Waals surface area contributed by atoms with Gasteiger partial charge in [0.25, 0.3) is 0 Å². The van der Waals surface area contributed by atoms with Gasteiger partial charge in [0, 0.05) is 29.6 Å². The van der Waals surface area contributed by atoms with Crippen LogP contribution in [0.2, 0.25) is 0 Å². The van der Waals surface area contributed by atoms with Crippen molar-refractivity contribution in [1.82, 2.24) is 10.3 Å². The lowest BCUT2D eigenvalue weighted by Gasteiger charge is -2.26. The van der Waals surface area contributed by atoms with E-state index < -0.39 is 0 Å². The van der Waals surface area contributed by atoms with E-state index in [-0.39, 0.29) is 11.9 Å². The zero-order chi connectivity index (χ0) is 19.2. The highest BCUT2D eigenvalue weighted by molar-refractivity contribution is 7.16. The molecule has 1 aliphatic heterocycles. The second-order valence-electron chi connectivity index (χ2n) is 7.24. The highest BCUT2D eigenvalue weighted by Crippen LogP contribution is 2.34. The van der Waals surface area contributed by atoms with Crippen LogP contribution < -0.4 is 10.2 Å². The molecule has 5 nitrogen and oxygen atoms in total. The molecule has 146 valence electrons. The van der Waals surface area contributed by atoms with Crippen LogP contribution in [0, 0.1) is 5.92 Å². The third-order valence-corrected chi connectivity index (χ3v) is 6.04. The van der Waals surface area contributed by atoms with Crippen molar-refractivity contribution in [3.05, 3.63) is 35.2 Å². The van der Waals surface area contributed by atoms with Crippen molar-refractivity contribution >= 4 is 22.4 Å². The normalized spacial score (nSPS) is 15.8. The van der Waals surface area contributed by atoms with Gasteiger partial charge in [0.15, 0.2) is 5.13 Å². The summed E-state index contributed by atoms with van der Waals surface area (Å²) >= 11 is 1.63. The van der Waals surface area contributed by atoms with Crippen molar-refractivity contribution in [2.75, 3.05) is 31.2 Å². The van der Waals surface area contributed by atoms with Crippen molar-refractivity contribution in [3.8, 4) is 11.3 Å². The predicted molar refractivity (Wildman–Crippen MR) is 111 cm³/mol. The fourth-order valence-electron chi connectivity index (χ4n) is 3.31. The van der Waals surface area contributed by atoms with Crippen LogP contribution in [-0.4, -0.2) is 43.2 Å². The van der Waals surface area contributed by atoms with Crippen LogP contribution in [-0.2, 0) is 16.0 Å². The predicted octanol–water partition coefficient (Wildman–Crippen LogP) is 3.74. The molecule has 1 aromatic heterocycles. The van der Waals surface area contributed by atoms with Gasteiger partial charge < -0.3 is 15.0 Å². The molecular formula is C21H29N3O2S. The smallest absolute Gasteiger partial charge is 0.225 e. The summed E-state index contributed by atoms with van der Waals surface area (Å²) in [5, 5.41) is 4.17. The van der Waals surface area contributed by atoms with Crippen LogP contribution in [0.15, 0.2) is 30.3 Å². The summed E-state index contributed by atoms with van der Waals surface area (Å²) in [4.78, 5) is 20.9. The Morgan fingerprint density at radius 2 is 1.96 bits per heavy atom. The summed E-state index contributed by atoms with van der Waals surface area (Å²) < 4.78 is 5.46. The van der Waals surface area contributed by atoms with Gasteiger partial charge in [-0.25, -0.2) is 4.98 Å². The second kappa shape index (κ2) is 9.33. The first-order valence-corrected chi connectivity index (χ1v) is 10.6. The number of aromatic nitrogens is 1. The number of anilines is 1. The second-order valence-corrected chi connectivity index (χ2v) is 8.30. The fourth-order valence-corrected chi connectivity index (χ4v) is 4.45. The number of carbonyl (C=O) groups excluding carboxylic acids is 1. The molecule has 0 unspecified atom stereocenters. The van der Waals surface area contributed by atoms with Crippen LogP contribution in [0.5, 0.6) is 0 Å². The maximum Gasteiger partial charge on any atom is 0.225 e. The van der Waals surface area contributed by atoms with Gasteiger partial charge in [-0.15, -0.1) is 11.3 Å². The van der Waals surface area contributed by atoms with E-state index in [0.29, 0.717) is 12.3 Å². The van der Waals surface area contributed by atoms with Crippen LogP contribution in [0.25, 0.3) is 11.3 Å². The number of nitrogens with zero attached hydrogens (tertiary/aromatic N) is 2. The molecule has 3 rings (SSSR count). The number of thiazole rings is 1. The van der Waals surface area contributed by atoms with Gasteiger partial charge in [-0.05, 0) is 12.3 Å². The summed E-state index contributed by atoms with van der Waals surface area (Å²) in [5.41, 5.74) is 1.99. The average molecular weight is 388 g/mol. The average Bonchev–Trinajstić information content (AvgIpc) is 3.11. The van der Waals surface area contributed by atoms with Crippen molar-refractivity contribution in [2.24, 2.45) is 5.92 Å². The molecule has 1 amide bonds. The Bertz CT molecular complexity index is 739. The number of amides is 1. The molecule has 27 heavy (non-hydrogen) atoms. The van der Waals surface area contributed by atoms with E-state index in [2.05, 4.69) is 43.1 Å². The number of rotatable bonds is 7. The molecule has 1 saturated heterocycles. The number of ether oxygens (including phenoxy) is 1. The van der Waals surface area contributed by atoms with Crippen LogP contribution in [0.4, 0.5) is 5.13 Å². The van der Waals surface area contributed by atoms with Gasteiger partial charge in [0.2, 0.25) is 5.91 Å². The highest BCUT2D eigenvalue weighted by atomic mass is 32.1. The van der Waals surface area contributed by atoms with Crippen molar-refractivity contribution < 1.29 is 9.53 Å². The number of morpholine rings is 1. The third kappa shape index (κ3) is 5.08. The maximum absolute atomic E-state index is 12.7. The lowest BCUT2D eigenvalue weighted by Crippen LogP contribution is -2.38. The zero-order valence-corrected chi connectivity index (χ0v) is 17.2. The summed E-state index contributed by atoms with van der Waals surface area (Å²) in [6.45, 7) is 9.55. The van der Waals surface area contributed by atoms with E-state index in [1.165, 1.54) is 0 Å². The molecule has 1 aromatic carbocycles. The zero-order valence-electron chi connectivity index (χ0n) is 16.4. The van der Waals surface area contributed by atoms with Crippen molar-refractivity contribution in [1.29, 1.82) is 0 Å². The Morgan fingerprint density at radius 1 is 1.26 bits per heavy atom. The van der Waals surface area contributed by atoms with Gasteiger partial charge in [-0.1, -0.05) is 51.1 Å². The topological polar surface area (TPSA) is 54.5 Å². The molecule has 1 atom stereocenters. The third-order valence-electron chi connectivity index (χ3n) is 4.93. The number of benzene rings is 1. The first kappa shape index (κ1) is 19.8. The quantitative estimate of drug-likeness (QED) is 0.786. The van der Waals surface area contributed by atoms with Crippen molar-refractivity contribution in [2.45, 2.75) is 39.7 Å². The molecule has 0 aliphatic carbocycles. The molecule has 1 fully saturated rings. The minimum Gasteiger partial charge on any atom is -0.378 e. The maximum atomic E-state index is 12.7. The molecule has 1 N–H and O–H groups in total. The van der Waals surface area contributed by atoms with Gasteiger partial charge in [0.1, 0.15) is 0 Å². The fraction of sp³-hybridized carbons (Fsp3) is 0.524. The monoisotopic (exact) mass is 387 g/mol. The first-order valence-electron chi connectivity index (χ1n) is 9.75. The highest BCUT2D eigenvalue weighted by Gasteiger charge is 2.22. The Hall–Kier alpha value is -1.92. The number of carbonyl (C=O) groups is 1. The summed E-state index contributed by atoms with van der Waals surface area (Å²) in [5.74, 6) is 0.503.